The Hall–Kier alpha value is -0.0800. The summed E-state index contributed by atoms with van der Waals surface area (Å²) in [6, 6.07) is 0. The fourth-order valence-electron chi connectivity index (χ4n) is 0.514. The van der Waals surface area contributed by atoms with Gasteiger partial charge >= 0.3 is 0 Å². The minimum Gasteiger partial charge on any atom is -0.231 e. The van der Waals surface area contributed by atoms with Crippen molar-refractivity contribution < 1.29 is 9.78 Å². The van der Waals surface area contributed by atoms with Gasteiger partial charge in [0.05, 0.1) is 5.60 Å². The minimum atomic E-state index is -0.206. The van der Waals surface area contributed by atoms with Gasteiger partial charge in [0, 0.05) is 0 Å². The molecule has 0 saturated heterocycles. The Morgan fingerprint density at radius 1 is 1.27 bits per heavy atom. The van der Waals surface area contributed by atoms with Crippen molar-refractivity contribution in [3.8, 4) is 0 Å². The summed E-state index contributed by atoms with van der Waals surface area (Å²) in [6.07, 6.45) is 3.31. The molecule has 0 fully saturated rings. The lowest BCUT2D eigenvalue weighted by atomic mass is 10.2. The second kappa shape index (κ2) is 5.56. The van der Waals surface area contributed by atoms with Crippen LogP contribution >= 0.6 is 0 Å². The molecule has 0 bridgehead atoms. The van der Waals surface area contributed by atoms with Crippen LogP contribution in [0.3, 0.4) is 0 Å². The van der Waals surface area contributed by atoms with E-state index in [1.54, 1.807) is 6.61 Å². The van der Waals surface area contributed by atoms with E-state index in [2.05, 4.69) is 6.92 Å². The zero-order chi connectivity index (χ0) is 8.74. The average molecular weight is 159 g/mol. The largest absolute Gasteiger partial charge is 0.231 e. The Balaban J connectivity index is 3.02. The Morgan fingerprint density at radius 2 is 1.91 bits per heavy atom. The van der Waals surface area contributed by atoms with E-state index in [1.807, 2.05) is 20.8 Å². The smallest absolute Gasteiger partial charge is 0.122 e. The van der Waals surface area contributed by atoms with E-state index < -0.39 is 0 Å². The summed E-state index contributed by atoms with van der Waals surface area (Å²) in [6.45, 7) is 9.75. The third-order valence-corrected chi connectivity index (χ3v) is 1.04. The highest BCUT2D eigenvalue weighted by Crippen LogP contribution is 2.09. The van der Waals surface area contributed by atoms with Crippen molar-refractivity contribution in [2.24, 2.45) is 0 Å². The van der Waals surface area contributed by atoms with Gasteiger partial charge in [-0.15, -0.1) is 0 Å². The topological polar surface area (TPSA) is 18.5 Å². The van der Waals surface area contributed by atoms with E-state index in [-0.39, 0.29) is 5.60 Å². The third-order valence-electron chi connectivity index (χ3n) is 1.04. The maximum absolute atomic E-state index is 5.02. The normalized spacial score (nSPS) is 12.0. The minimum absolute atomic E-state index is 0.206. The second-order valence-corrected chi connectivity index (χ2v) is 3.60. The summed E-state index contributed by atoms with van der Waals surface area (Å²) in [7, 11) is 0. The van der Waals surface area contributed by atoms with Crippen molar-refractivity contribution in [2.45, 2.75) is 52.6 Å². The number of hydrogen-bond acceptors (Lipinski definition) is 2. The predicted molar refractivity (Wildman–Crippen MR) is 45.7 cm³/mol. The molecule has 0 unspecified atom stereocenters. The fraction of sp³-hybridized carbons (Fsp3) is 0.889. The Kier molecular flexibility index (Phi) is 5.51. The summed E-state index contributed by atoms with van der Waals surface area (Å²) in [5.74, 6) is 0. The van der Waals surface area contributed by atoms with E-state index in [1.165, 1.54) is 6.42 Å². The first-order valence-electron chi connectivity index (χ1n) is 4.22. The van der Waals surface area contributed by atoms with Crippen LogP contribution in [-0.4, -0.2) is 5.60 Å². The molecule has 0 aliphatic rings. The molecule has 2 heteroatoms. The highest BCUT2D eigenvalue weighted by atomic mass is 17.2. The van der Waals surface area contributed by atoms with Gasteiger partial charge in [0.15, 0.2) is 0 Å². The molecular weight excluding hydrogens is 140 g/mol. The van der Waals surface area contributed by atoms with Gasteiger partial charge in [-0.1, -0.05) is 19.8 Å². The molecule has 0 aromatic carbocycles. The van der Waals surface area contributed by atoms with Crippen molar-refractivity contribution in [3.05, 3.63) is 6.61 Å². The Bertz CT molecular complexity index is 84.1. The van der Waals surface area contributed by atoms with Gasteiger partial charge in [0.25, 0.3) is 0 Å². The molecule has 0 heterocycles. The molecule has 0 aliphatic heterocycles. The highest BCUT2D eigenvalue weighted by molar-refractivity contribution is 4.55. The van der Waals surface area contributed by atoms with Crippen LogP contribution in [-0.2, 0) is 9.78 Å². The molecule has 0 rings (SSSR count). The van der Waals surface area contributed by atoms with Crippen LogP contribution in [0.25, 0.3) is 0 Å². The molecule has 0 amide bonds. The lowest BCUT2D eigenvalue weighted by molar-refractivity contribution is -0.327. The molecule has 0 saturated carbocycles. The first-order valence-corrected chi connectivity index (χ1v) is 4.22. The highest BCUT2D eigenvalue weighted by Gasteiger charge is 2.10. The average Bonchev–Trinajstić information content (AvgIpc) is 1.85. The van der Waals surface area contributed by atoms with E-state index in [9.17, 15) is 0 Å². The first-order chi connectivity index (χ1) is 5.06. The summed E-state index contributed by atoms with van der Waals surface area (Å²) in [5, 5.41) is 0. The molecule has 67 valence electrons. The Morgan fingerprint density at radius 3 is 2.36 bits per heavy atom. The summed E-state index contributed by atoms with van der Waals surface area (Å²) >= 11 is 0. The summed E-state index contributed by atoms with van der Waals surface area (Å²) in [5.41, 5.74) is -0.206. The van der Waals surface area contributed by atoms with Gasteiger partial charge in [-0.05, 0) is 27.2 Å². The van der Waals surface area contributed by atoms with Crippen molar-refractivity contribution >= 4 is 0 Å². The zero-order valence-electron chi connectivity index (χ0n) is 8.02. The SMILES string of the molecule is CCCC[CH]OOC(C)(C)C. The van der Waals surface area contributed by atoms with E-state index in [0.717, 1.165) is 12.8 Å². The molecule has 2 nitrogen and oxygen atoms in total. The molecule has 0 aromatic rings. The molecule has 1 radical (unpaired) electrons. The van der Waals surface area contributed by atoms with E-state index >= 15 is 0 Å². The lowest BCUT2D eigenvalue weighted by Gasteiger charge is -2.16. The van der Waals surface area contributed by atoms with Crippen LogP contribution in [0.2, 0.25) is 0 Å². The number of hydrogen-bond donors (Lipinski definition) is 0. The van der Waals surface area contributed by atoms with E-state index in [4.69, 9.17) is 9.78 Å². The van der Waals surface area contributed by atoms with E-state index in [0.29, 0.717) is 0 Å². The monoisotopic (exact) mass is 159 g/mol. The molecule has 0 aromatic heterocycles. The van der Waals surface area contributed by atoms with Crippen LogP contribution in [0.5, 0.6) is 0 Å². The van der Waals surface area contributed by atoms with Crippen molar-refractivity contribution in [1.29, 1.82) is 0 Å². The van der Waals surface area contributed by atoms with Gasteiger partial charge in [-0.2, -0.15) is 0 Å². The second-order valence-electron chi connectivity index (χ2n) is 3.60. The standard InChI is InChI=1S/C9H19O2/c1-5-6-7-8-10-11-9(2,3)4/h8H,5-7H2,1-4H3. The number of unbranched alkanes of at least 4 members (excludes halogenated alkanes) is 2. The molecular formula is C9H19O2. The molecule has 0 aliphatic carbocycles. The number of rotatable bonds is 5. The zero-order valence-corrected chi connectivity index (χ0v) is 8.02. The Labute approximate surface area is 69.8 Å². The van der Waals surface area contributed by atoms with Crippen molar-refractivity contribution in [3.63, 3.8) is 0 Å². The van der Waals surface area contributed by atoms with Crippen LogP contribution in [0.1, 0.15) is 47.0 Å². The van der Waals surface area contributed by atoms with Crippen LogP contribution in [0, 0.1) is 6.61 Å². The molecule has 0 atom stereocenters. The maximum Gasteiger partial charge on any atom is 0.122 e. The predicted octanol–water partition coefficient (Wildman–Crippen LogP) is 3.09. The van der Waals surface area contributed by atoms with Crippen molar-refractivity contribution in [2.75, 3.05) is 0 Å². The van der Waals surface area contributed by atoms with Gasteiger partial charge < -0.3 is 0 Å². The fourth-order valence-corrected chi connectivity index (χ4v) is 0.514. The van der Waals surface area contributed by atoms with Crippen LogP contribution in [0.4, 0.5) is 0 Å². The maximum atomic E-state index is 5.02. The first kappa shape index (κ1) is 10.9. The van der Waals surface area contributed by atoms with Crippen LogP contribution < -0.4 is 0 Å². The van der Waals surface area contributed by atoms with Gasteiger partial charge in [0.2, 0.25) is 0 Å². The third kappa shape index (κ3) is 9.92. The quantitative estimate of drug-likeness (QED) is 0.348. The molecule has 0 N–H and O–H groups in total. The van der Waals surface area contributed by atoms with Crippen molar-refractivity contribution in [1.82, 2.24) is 0 Å². The molecule has 0 spiro atoms. The summed E-state index contributed by atoms with van der Waals surface area (Å²) in [4.78, 5) is 9.90. The lowest BCUT2D eigenvalue weighted by Crippen LogP contribution is -2.18. The molecule has 11 heavy (non-hydrogen) atoms. The van der Waals surface area contributed by atoms with Crippen LogP contribution in [0.15, 0.2) is 0 Å². The summed E-state index contributed by atoms with van der Waals surface area (Å²) < 4.78 is 0. The van der Waals surface area contributed by atoms with Gasteiger partial charge in [-0.25, -0.2) is 9.78 Å². The van der Waals surface area contributed by atoms with Gasteiger partial charge in [-0.3, -0.25) is 0 Å². The van der Waals surface area contributed by atoms with Gasteiger partial charge in [0.1, 0.15) is 6.61 Å².